The number of H-pyrrole nitrogens is 1. The van der Waals surface area contributed by atoms with Gasteiger partial charge in [0.2, 0.25) is 0 Å². The summed E-state index contributed by atoms with van der Waals surface area (Å²) in [6, 6.07) is 8.80. The zero-order valence-electron chi connectivity index (χ0n) is 11.2. The van der Waals surface area contributed by atoms with Crippen molar-refractivity contribution in [2.24, 2.45) is 0 Å². The second-order valence-electron chi connectivity index (χ2n) is 4.35. The number of hydrogen-bond donors (Lipinski definition) is 2. The van der Waals surface area contributed by atoms with Crippen molar-refractivity contribution in [3.05, 3.63) is 59.1 Å². The number of amides is 1. The van der Waals surface area contributed by atoms with E-state index in [4.69, 9.17) is 12.2 Å². The maximum atomic E-state index is 12.1. The molecule has 0 bridgehead atoms. The number of hydrogen-bond acceptors (Lipinski definition) is 3. The number of benzene rings is 1. The number of aromatic amines is 1. The van der Waals surface area contributed by atoms with E-state index in [1.165, 1.54) is 0 Å². The number of nitrogens with zero attached hydrogens (tertiary/aromatic N) is 2. The van der Waals surface area contributed by atoms with E-state index in [9.17, 15) is 4.79 Å². The molecule has 0 unspecified atom stereocenters. The fraction of sp³-hybridized carbons (Fsp3) is 0.214. The van der Waals surface area contributed by atoms with Gasteiger partial charge in [-0.25, -0.2) is 0 Å². The van der Waals surface area contributed by atoms with Crippen molar-refractivity contribution < 1.29 is 4.79 Å². The summed E-state index contributed by atoms with van der Waals surface area (Å²) in [5.41, 5.74) is 0.615. The number of nitrogens with one attached hydrogen (secondary N) is 2. The van der Waals surface area contributed by atoms with Crippen LogP contribution in [0.1, 0.15) is 29.1 Å². The van der Waals surface area contributed by atoms with Crippen LogP contribution in [0.4, 0.5) is 0 Å². The molecule has 1 amide bonds. The lowest BCUT2D eigenvalue weighted by molar-refractivity contribution is 0.0937. The van der Waals surface area contributed by atoms with Gasteiger partial charge < -0.3 is 5.32 Å². The zero-order valence-corrected chi connectivity index (χ0v) is 12.0. The van der Waals surface area contributed by atoms with Crippen molar-refractivity contribution >= 4 is 18.1 Å². The fourth-order valence-corrected chi connectivity index (χ4v) is 2.11. The van der Waals surface area contributed by atoms with E-state index in [0.717, 1.165) is 0 Å². The van der Waals surface area contributed by atoms with Crippen LogP contribution < -0.4 is 5.32 Å². The molecule has 0 aliphatic carbocycles. The molecule has 1 aromatic carbocycles. The van der Waals surface area contributed by atoms with Gasteiger partial charge in [0.25, 0.3) is 5.91 Å². The standard InChI is InChI=1S/C14H16N4OS/c1-3-9-18-12(16-17-14(18)20)10(2)15-13(19)11-7-5-4-6-8-11/h3-8,10H,1,9H2,2H3,(H,15,19)(H,17,20)/t10-/m0/s1. The smallest absolute Gasteiger partial charge is 0.251 e. The Morgan fingerprint density at radius 1 is 1.55 bits per heavy atom. The van der Waals surface area contributed by atoms with Gasteiger partial charge in [0.1, 0.15) is 0 Å². The van der Waals surface area contributed by atoms with E-state index in [-0.39, 0.29) is 11.9 Å². The highest BCUT2D eigenvalue weighted by Crippen LogP contribution is 2.11. The van der Waals surface area contributed by atoms with E-state index in [2.05, 4.69) is 22.1 Å². The highest BCUT2D eigenvalue weighted by molar-refractivity contribution is 7.71. The van der Waals surface area contributed by atoms with Gasteiger partial charge in [0, 0.05) is 12.1 Å². The molecule has 0 radical (unpaired) electrons. The van der Waals surface area contributed by atoms with Gasteiger partial charge >= 0.3 is 0 Å². The Morgan fingerprint density at radius 3 is 2.90 bits per heavy atom. The fourth-order valence-electron chi connectivity index (χ4n) is 1.90. The first kappa shape index (κ1) is 14.2. The molecule has 0 aliphatic heterocycles. The first-order valence-electron chi connectivity index (χ1n) is 6.25. The summed E-state index contributed by atoms with van der Waals surface area (Å²) in [5.74, 6) is 0.538. The summed E-state index contributed by atoms with van der Waals surface area (Å²) in [5, 5.41) is 9.80. The minimum absolute atomic E-state index is 0.142. The Hall–Kier alpha value is -2.21. The monoisotopic (exact) mass is 288 g/mol. The summed E-state index contributed by atoms with van der Waals surface area (Å²) in [6.45, 7) is 6.11. The zero-order chi connectivity index (χ0) is 14.5. The minimum Gasteiger partial charge on any atom is -0.342 e. The van der Waals surface area contributed by atoms with Crippen molar-refractivity contribution in [2.75, 3.05) is 0 Å². The molecule has 2 rings (SSSR count). The Balaban J connectivity index is 2.16. The summed E-state index contributed by atoms with van der Waals surface area (Å²) < 4.78 is 2.32. The van der Waals surface area contributed by atoms with E-state index < -0.39 is 0 Å². The van der Waals surface area contributed by atoms with Crippen LogP contribution in [-0.2, 0) is 6.54 Å². The third-order valence-electron chi connectivity index (χ3n) is 2.87. The Labute approximate surface area is 122 Å². The lowest BCUT2D eigenvalue weighted by Crippen LogP contribution is -2.28. The van der Waals surface area contributed by atoms with E-state index in [1.807, 2.05) is 25.1 Å². The van der Waals surface area contributed by atoms with Crippen LogP contribution in [0.3, 0.4) is 0 Å². The van der Waals surface area contributed by atoms with E-state index in [0.29, 0.717) is 22.7 Å². The van der Waals surface area contributed by atoms with Gasteiger partial charge in [-0.3, -0.25) is 14.5 Å². The van der Waals surface area contributed by atoms with Crippen molar-refractivity contribution in [3.8, 4) is 0 Å². The van der Waals surface area contributed by atoms with Crippen LogP contribution in [-0.4, -0.2) is 20.7 Å². The number of aromatic nitrogens is 3. The number of carbonyl (C=O) groups excluding carboxylic acids is 1. The van der Waals surface area contributed by atoms with Crippen molar-refractivity contribution in [1.82, 2.24) is 20.1 Å². The van der Waals surface area contributed by atoms with Crippen LogP contribution >= 0.6 is 12.2 Å². The summed E-state index contributed by atoms with van der Waals surface area (Å²) in [6.07, 6.45) is 1.74. The van der Waals surface area contributed by atoms with Crippen LogP contribution in [0.2, 0.25) is 0 Å². The Bertz CT molecular complexity index is 659. The second kappa shape index (κ2) is 6.29. The Kier molecular flexibility index (Phi) is 4.47. The molecule has 1 heterocycles. The quantitative estimate of drug-likeness (QED) is 0.656. The summed E-state index contributed by atoms with van der Waals surface area (Å²) >= 11 is 5.15. The van der Waals surface area contributed by atoms with Crippen LogP contribution in [0.5, 0.6) is 0 Å². The average molecular weight is 288 g/mol. The first-order valence-corrected chi connectivity index (χ1v) is 6.66. The summed E-state index contributed by atoms with van der Waals surface area (Å²) in [4.78, 5) is 12.1. The van der Waals surface area contributed by atoms with Crippen molar-refractivity contribution in [3.63, 3.8) is 0 Å². The minimum atomic E-state index is -0.254. The summed E-state index contributed by atoms with van der Waals surface area (Å²) in [7, 11) is 0. The van der Waals surface area contributed by atoms with Crippen molar-refractivity contribution in [1.29, 1.82) is 0 Å². The third-order valence-corrected chi connectivity index (χ3v) is 3.18. The topological polar surface area (TPSA) is 62.7 Å². The maximum absolute atomic E-state index is 12.1. The number of allylic oxidation sites excluding steroid dienone is 1. The maximum Gasteiger partial charge on any atom is 0.251 e. The number of rotatable bonds is 5. The number of carbonyl (C=O) groups is 1. The molecule has 1 atom stereocenters. The van der Waals surface area contributed by atoms with Gasteiger partial charge in [0.05, 0.1) is 6.04 Å². The van der Waals surface area contributed by atoms with Gasteiger partial charge in [0.15, 0.2) is 10.6 Å². The molecule has 5 nitrogen and oxygen atoms in total. The largest absolute Gasteiger partial charge is 0.342 e. The molecule has 2 N–H and O–H groups in total. The van der Waals surface area contributed by atoms with Gasteiger partial charge in [-0.2, -0.15) is 5.10 Å². The molecular weight excluding hydrogens is 272 g/mol. The predicted molar refractivity (Wildman–Crippen MR) is 79.9 cm³/mol. The third kappa shape index (κ3) is 3.03. The molecule has 6 heteroatoms. The first-order chi connectivity index (χ1) is 9.63. The second-order valence-corrected chi connectivity index (χ2v) is 4.73. The lowest BCUT2D eigenvalue weighted by atomic mass is 10.2. The van der Waals surface area contributed by atoms with Gasteiger partial charge in [-0.15, -0.1) is 6.58 Å². The van der Waals surface area contributed by atoms with Crippen LogP contribution in [0.15, 0.2) is 43.0 Å². The molecular formula is C14H16N4OS. The molecule has 0 spiro atoms. The van der Waals surface area contributed by atoms with E-state index >= 15 is 0 Å². The molecule has 104 valence electrons. The Morgan fingerprint density at radius 2 is 2.25 bits per heavy atom. The molecule has 2 aromatic rings. The predicted octanol–water partition coefficient (Wildman–Crippen LogP) is 2.62. The van der Waals surface area contributed by atoms with E-state index in [1.54, 1.807) is 22.8 Å². The van der Waals surface area contributed by atoms with Crippen molar-refractivity contribution in [2.45, 2.75) is 19.5 Å². The lowest BCUT2D eigenvalue weighted by Gasteiger charge is -2.14. The molecule has 0 aliphatic rings. The SMILES string of the molecule is C=CCn1c([C@H](C)NC(=O)c2ccccc2)n[nH]c1=S. The normalized spacial score (nSPS) is 11.8. The van der Waals surface area contributed by atoms with Gasteiger partial charge in [-0.05, 0) is 31.3 Å². The highest BCUT2D eigenvalue weighted by Gasteiger charge is 2.16. The molecule has 0 saturated heterocycles. The highest BCUT2D eigenvalue weighted by atomic mass is 32.1. The van der Waals surface area contributed by atoms with Crippen LogP contribution in [0.25, 0.3) is 0 Å². The van der Waals surface area contributed by atoms with Gasteiger partial charge in [-0.1, -0.05) is 24.3 Å². The molecule has 0 saturated carbocycles. The molecule has 0 fully saturated rings. The molecule has 20 heavy (non-hydrogen) atoms. The average Bonchev–Trinajstić information content (AvgIpc) is 2.82. The van der Waals surface area contributed by atoms with Crippen LogP contribution in [0, 0.1) is 4.77 Å². The molecule has 1 aromatic heterocycles.